The topological polar surface area (TPSA) is 86.8 Å². The molecule has 0 aliphatic rings. The van der Waals surface area contributed by atoms with Crippen LogP contribution in [0.15, 0.2) is 77.7 Å². The van der Waals surface area contributed by atoms with E-state index < -0.39 is 28.5 Å². The first-order chi connectivity index (χ1) is 18.4. The third-order valence-electron chi connectivity index (χ3n) is 6.14. The van der Waals surface area contributed by atoms with Crippen molar-refractivity contribution in [2.24, 2.45) is 0 Å². The van der Waals surface area contributed by atoms with E-state index >= 15 is 0 Å². The molecule has 0 fully saturated rings. The van der Waals surface area contributed by atoms with Crippen molar-refractivity contribution >= 4 is 50.7 Å². The van der Waals surface area contributed by atoms with Crippen molar-refractivity contribution in [2.45, 2.75) is 57.6 Å². The van der Waals surface area contributed by atoms with Gasteiger partial charge in [0, 0.05) is 22.6 Å². The first-order valence-electron chi connectivity index (χ1n) is 12.6. The van der Waals surface area contributed by atoms with E-state index in [9.17, 15) is 18.0 Å². The molecule has 208 valence electrons. The highest BCUT2D eigenvalue weighted by Crippen LogP contribution is 2.28. The maximum atomic E-state index is 14.0. The predicted molar refractivity (Wildman–Crippen MR) is 157 cm³/mol. The summed E-state index contributed by atoms with van der Waals surface area (Å²) in [5.74, 6) is -0.849. The summed E-state index contributed by atoms with van der Waals surface area (Å²) in [6.45, 7) is 6.85. The molecule has 3 aromatic rings. The van der Waals surface area contributed by atoms with E-state index in [0.717, 1.165) is 15.4 Å². The van der Waals surface area contributed by atoms with Crippen LogP contribution in [0.1, 0.15) is 38.3 Å². The van der Waals surface area contributed by atoms with Crippen molar-refractivity contribution in [1.29, 1.82) is 0 Å². The summed E-state index contributed by atoms with van der Waals surface area (Å²) < 4.78 is 28.7. The molecule has 0 aliphatic heterocycles. The molecule has 0 bridgehead atoms. The lowest BCUT2D eigenvalue weighted by atomic mass is 10.1. The molecular formula is C29H33Cl2N3O4S. The van der Waals surface area contributed by atoms with Gasteiger partial charge in [-0.1, -0.05) is 66.5 Å². The smallest absolute Gasteiger partial charge is 0.264 e. The molecule has 0 unspecified atom stereocenters. The Labute approximate surface area is 240 Å². The van der Waals surface area contributed by atoms with E-state index in [1.54, 1.807) is 61.5 Å². The fraction of sp³-hybridized carbons (Fsp3) is 0.310. The van der Waals surface area contributed by atoms with Crippen LogP contribution in [0.4, 0.5) is 5.69 Å². The molecule has 0 radical (unpaired) electrons. The lowest BCUT2D eigenvalue weighted by molar-refractivity contribution is -0.140. The molecule has 2 amide bonds. The fourth-order valence-electron chi connectivity index (χ4n) is 4.07. The minimum Gasteiger partial charge on any atom is -0.352 e. The highest BCUT2D eigenvalue weighted by molar-refractivity contribution is 7.92. The number of hydrogen-bond acceptors (Lipinski definition) is 4. The van der Waals surface area contributed by atoms with Crippen molar-refractivity contribution in [2.75, 3.05) is 10.8 Å². The molecule has 0 spiro atoms. The Morgan fingerprint density at radius 2 is 1.59 bits per heavy atom. The minimum absolute atomic E-state index is 0.0309. The number of halogens is 2. The Morgan fingerprint density at radius 3 is 2.15 bits per heavy atom. The van der Waals surface area contributed by atoms with Crippen LogP contribution in [-0.4, -0.2) is 43.8 Å². The van der Waals surface area contributed by atoms with Crippen molar-refractivity contribution < 1.29 is 18.0 Å². The van der Waals surface area contributed by atoms with E-state index in [0.29, 0.717) is 16.5 Å². The Morgan fingerprint density at radius 1 is 0.949 bits per heavy atom. The van der Waals surface area contributed by atoms with Gasteiger partial charge in [-0.25, -0.2) is 8.42 Å². The van der Waals surface area contributed by atoms with Crippen LogP contribution in [0.5, 0.6) is 0 Å². The lowest BCUT2D eigenvalue weighted by Crippen LogP contribution is -2.53. The van der Waals surface area contributed by atoms with E-state index in [2.05, 4.69) is 5.32 Å². The van der Waals surface area contributed by atoms with Gasteiger partial charge >= 0.3 is 0 Å². The largest absolute Gasteiger partial charge is 0.352 e. The quantitative estimate of drug-likeness (QED) is 0.305. The standard InChI is InChI=1S/C29H33Cl2N3O4S/c1-5-27(29(36)32-20(2)3)33(18-22-12-14-23(30)15-13-22)28(35)19-34(24-16-11-21(4)26(31)17-24)39(37,38)25-9-7-6-8-10-25/h6-17,20,27H,5,18-19H2,1-4H3,(H,32,36)/t27-/m1/s1. The zero-order chi connectivity index (χ0) is 28.7. The number of aryl methyl sites for hydroxylation is 1. The maximum Gasteiger partial charge on any atom is 0.264 e. The highest BCUT2D eigenvalue weighted by atomic mass is 35.5. The second kappa shape index (κ2) is 13.3. The molecule has 3 rings (SSSR count). The summed E-state index contributed by atoms with van der Waals surface area (Å²) in [6, 6.07) is 18.7. The number of nitrogens with one attached hydrogen (secondary N) is 1. The second-order valence-corrected chi connectivity index (χ2v) is 12.2. The van der Waals surface area contributed by atoms with Gasteiger partial charge in [-0.05, 0) is 74.7 Å². The van der Waals surface area contributed by atoms with E-state index in [1.165, 1.54) is 23.1 Å². The number of carbonyl (C=O) groups is 2. The van der Waals surface area contributed by atoms with Crippen LogP contribution < -0.4 is 9.62 Å². The molecule has 1 N–H and O–H groups in total. The number of amides is 2. The van der Waals surface area contributed by atoms with Crippen LogP contribution in [0, 0.1) is 6.92 Å². The van der Waals surface area contributed by atoms with E-state index in [4.69, 9.17) is 23.2 Å². The van der Waals surface area contributed by atoms with Gasteiger partial charge in [-0.2, -0.15) is 0 Å². The predicted octanol–water partition coefficient (Wildman–Crippen LogP) is 5.83. The van der Waals surface area contributed by atoms with Crippen molar-refractivity contribution in [3.63, 3.8) is 0 Å². The van der Waals surface area contributed by atoms with Gasteiger partial charge in [-0.15, -0.1) is 0 Å². The normalized spacial score (nSPS) is 12.2. The van der Waals surface area contributed by atoms with Crippen LogP contribution in [0.2, 0.25) is 10.0 Å². The highest BCUT2D eigenvalue weighted by Gasteiger charge is 2.34. The van der Waals surface area contributed by atoms with Gasteiger partial charge in [0.05, 0.1) is 10.6 Å². The molecule has 0 heterocycles. The molecule has 0 saturated carbocycles. The molecule has 3 aromatic carbocycles. The Balaban J connectivity index is 2.07. The molecule has 0 aromatic heterocycles. The summed E-state index contributed by atoms with van der Waals surface area (Å²) in [7, 11) is -4.15. The van der Waals surface area contributed by atoms with Gasteiger partial charge in [0.15, 0.2) is 0 Å². The first-order valence-corrected chi connectivity index (χ1v) is 14.8. The monoisotopic (exact) mass is 589 g/mol. The number of carbonyl (C=O) groups excluding carboxylic acids is 2. The molecule has 0 aliphatic carbocycles. The van der Waals surface area contributed by atoms with Crippen LogP contribution >= 0.6 is 23.2 Å². The zero-order valence-electron chi connectivity index (χ0n) is 22.4. The average molecular weight is 591 g/mol. The van der Waals surface area contributed by atoms with Gasteiger partial charge in [0.25, 0.3) is 10.0 Å². The third-order valence-corrected chi connectivity index (χ3v) is 8.58. The lowest BCUT2D eigenvalue weighted by Gasteiger charge is -2.33. The first kappa shape index (κ1) is 30.5. The molecule has 1 atom stereocenters. The van der Waals surface area contributed by atoms with Crippen molar-refractivity contribution in [3.05, 3.63) is 94.0 Å². The molecular weight excluding hydrogens is 557 g/mol. The number of anilines is 1. The molecule has 39 heavy (non-hydrogen) atoms. The minimum atomic E-state index is -4.15. The van der Waals surface area contributed by atoms with E-state index in [-0.39, 0.29) is 29.1 Å². The Bertz CT molecular complexity index is 1400. The number of nitrogens with zero attached hydrogens (tertiary/aromatic N) is 2. The maximum absolute atomic E-state index is 14.0. The average Bonchev–Trinajstić information content (AvgIpc) is 2.90. The van der Waals surface area contributed by atoms with Gasteiger partial charge in [0.2, 0.25) is 11.8 Å². The summed E-state index contributed by atoms with van der Waals surface area (Å²) in [4.78, 5) is 28.6. The van der Waals surface area contributed by atoms with Gasteiger partial charge < -0.3 is 10.2 Å². The Hall–Kier alpha value is -3.07. The van der Waals surface area contributed by atoms with Gasteiger partial charge in [-0.3, -0.25) is 13.9 Å². The Kier molecular flexibility index (Phi) is 10.4. The van der Waals surface area contributed by atoms with Crippen LogP contribution in [-0.2, 0) is 26.2 Å². The van der Waals surface area contributed by atoms with Crippen molar-refractivity contribution in [3.8, 4) is 0 Å². The molecule has 10 heteroatoms. The van der Waals surface area contributed by atoms with Gasteiger partial charge in [0.1, 0.15) is 12.6 Å². The molecule has 0 saturated heterocycles. The zero-order valence-corrected chi connectivity index (χ0v) is 24.7. The SMILES string of the molecule is CC[C@H](C(=O)NC(C)C)N(Cc1ccc(Cl)cc1)C(=O)CN(c1ccc(C)c(Cl)c1)S(=O)(=O)c1ccccc1. The molecule has 7 nitrogen and oxygen atoms in total. The van der Waals surface area contributed by atoms with Crippen molar-refractivity contribution in [1.82, 2.24) is 10.2 Å². The number of rotatable bonds is 11. The summed E-state index contributed by atoms with van der Waals surface area (Å²) in [6.07, 6.45) is 0.333. The fourth-order valence-corrected chi connectivity index (χ4v) is 5.80. The number of sulfonamides is 1. The summed E-state index contributed by atoms with van der Waals surface area (Å²) in [5.41, 5.74) is 1.76. The van der Waals surface area contributed by atoms with Crippen LogP contribution in [0.3, 0.4) is 0 Å². The number of benzene rings is 3. The third kappa shape index (κ3) is 7.75. The number of hydrogen-bond donors (Lipinski definition) is 1. The summed E-state index contributed by atoms with van der Waals surface area (Å²) >= 11 is 12.4. The van der Waals surface area contributed by atoms with Crippen LogP contribution in [0.25, 0.3) is 0 Å². The summed E-state index contributed by atoms with van der Waals surface area (Å²) in [5, 5.41) is 3.78. The van der Waals surface area contributed by atoms with E-state index in [1.807, 2.05) is 20.8 Å². The second-order valence-electron chi connectivity index (χ2n) is 9.49.